The lowest BCUT2D eigenvalue weighted by Crippen LogP contribution is -2.11. The number of aromatic nitrogens is 1. The highest BCUT2D eigenvalue weighted by Crippen LogP contribution is 2.26. The zero-order valence-corrected chi connectivity index (χ0v) is 17.5. The summed E-state index contributed by atoms with van der Waals surface area (Å²) in [7, 11) is 0. The molecule has 0 radical (unpaired) electrons. The molecular formula is C22H20ClN3O2S. The van der Waals surface area contributed by atoms with E-state index in [4.69, 9.17) is 16.4 Å². The maximum absolute atomic E-state index is 12.2. The lowest BCUT2D eigenvalue weighted by Gasteiger charge is -2.09. The molecule has 1 atom stereocenters. The monoisotopic (exact) mass is 425 g/mol. The van der Waals surface area contributed by atoms with Gasteiger partial charge in [0.2, 0.25) is 0 Å². The first-order chi connectivity index (χ1) is 14.1. The number of benzene rings is 1. The Morgan fingerprint density at radius 2 is 2.07 bits per heavy atom. The number of thiophene rings is 1. The van der Waals surface area contributed by atoms with Gasteiger partial charge in [-0.1, -0.05) is 28.9 Å². The van der Waals surface area contributed by atoms with Crippen molar-refractivity contribution in [2.45, 2.75) is 32.3 Å². The second-order valence-corrected chi connectivity index (χ2v) is 8.64. The number of pyridine rings is 1. The average Bonchev–Trinajstić information content (AvgIpc) is 3.38. The van der Waals surface area contributed by atoms with Crippen molar-refractivity contribution in [2.24, 2.45) is 5.16 Å². The summed E-state index contributed by atoms with van der Waals surface area (Å²) in [6.45, 7) is 2.02. The molecule has 148 valence electrons. The van der Waals surface area contributed by atoms with Crippen LogP contribution in [0.2, 0.25) is 4.34 Å². The normalized spacial score (nSPS) is 15.7. The van der Waals surface area contributed by atoms with Gasteiger partial charge in [0.15, 0.2) is 5.78 Å². The maximum Gasteiger partial charge on any atom is 0.172 e. The fourth-order valence-electron chi connectivity index (χ4n) is 3.15. The van der Waals surface area contributed by atoms with Gasteiger partial charge in [-0.2, -0.15) is 0 Å². The van der Waals surface area contributed by atoms with Crippen LogP contribution in [0.4, 0.5) is 11.4 Å². The number of hydrogen-bond donors (Lipinski definition) is 1. The average molecular weight is 426 g/mol. The molecule has 4 rings (SSSR count). The molecule has 3 heterocycles. The zero-order chi connectivity index (χ0) is 20.2. The van der Waals surface area contributed by atoms with E-state index in [2.05, 4.69) is 15.5 Å². The molecule has 1 aliphatic rings. The molecule has 1 aliphatic heterocycles. The van der Waals surface area contributed by atoms with Gasteiger partial charge in [-0.05, 0) is 54.8 Å². The molecule has 0 spiro atoms. The standard InChI is InChI=1S/C22H20ClN3O2S/c1-14-13-24-11-10-18(14)25-16-4-2-15(3-5-16)19-12-17(28-26-19)6-7-20(27)21-8-9-22(23)29-21/h2-5,8-11,13,17H,6-7,12H2,1H3,(H,24,25). The van der Waals surface area contributed by atoms with Crippen molar-refractivity contribution in [1.29, 1.82) is 0 Å². The van der Waals surface area contributed by atoms with Crippen LogP contribution in [-0.2, 0) is 4.84 Å². The number of carbonyl (C=O) groups excluding carboxylic acids is 1. The molecule has 1 aromatic carbocycles. The minimum Gasteiger partial charge on any atom is -0.392 e. The third-order valence-electron chi connectivity index (χ3n) is 4.79. The topological polar surface area (TPSA) is 63.6 Å². The summed E-state index contributed by atoms with van der Waals surface area (Å²) in [4.78, 5) is 22.6. The molecule has 0 amide bonds. The first kappa shape index (κ1) is 19.6. The first-order valence-corrected chi connectivity index (χ1v) is 10.6. The molecule has 5 nitrogen and oxygen atoms in total. The summed E-state index contributed by atoms with van der Waals surface area (Å²) in [5, 5.41) is 7.62. The van der Waals surface area contributed by atoms with Crippen molar-refractivity contribution in [2.75, 3.05) is 5.32 Å². The van der Waals surface area contributed by atoms with E-state index >= 15 is 0 Å². The Bertz CT molecular complexity index is 1050. The van der Waals surface area contributed by atoms with Crippen molar-refractivity contribution in [3.05, 3.63) is 75.2 Å². The molecule has 0 bridgehead atoms. The predicted molar refractivity (Wildman–Crippen MR) is 118 cm³/mol. The van der Waals surface area contributed by atoms with Gasteiger partial charge < -0.3 is 10.2 Å². The number of nitrogens with one attached hydrogen (secondary N) is 1. The van der Waals surface area contributed by atoms with Gasteiger partial charge in [0.25, 0.3) is 0 Å². The number of rotatable bonds is 7. The van der Waals surface area contributed by atoms with Gasteiger partial charge in [0.1, 0.15) is 6.10 Å². The van der Waals surface area contributed by atoms with Crippen LogP contribution in [0, 0.1) is 6.92 Å². The molecule has 1 unspecified atom stereocenters. The third kappa shape index (κ3) is 4.83. The number of hydrogen-bond acceptors (Lipinski definition) is 6. The van der Waals surface area contributed by atoms with Crippen LogP contribution in [-0.4, -0.2) is 22.6 Å². The lowest BCUT2D eigenvalue weighted by atomic mass is 10.0. The lowest BCUT2D eigenvalue weighted by molar-refractivity contribution is 0.0720. The molecule has 7 heteroatoms. The zero-order valence-electron chi connectivity index (χ0n) is 15.9. The highest BCUT2D eigenvalue weighted by molar-refractivity contribution is 7.18. The smallest absolute Gasteiger partial charge is 0.172 e. The van der Waals surface area contributed by atoms with Gasteiger partial charge in [0, 0.05) is 36.6 Å². The molecule has 2 aromatic heterocycles. The summed E-state index contributed by atoms with van der Waals surface area (Å²) < 4.78 is 0.633. The Morgan fingerprint density at radius 1 is 1.24 bits per heavy atom. The van der Waals surface area contributed by atoms with Gasteiger partial charge in [-0.3, -0.25) is 9.78 Å². The van der Waals surface area contributed by atoms with Crippen LogP contribution >= 0.6 is 22.9 Å². The number of Topliss-reactive ketones (excluding diaryl/α,β-unsaturated/α-hetero) is 1. The first-order valence-electron chi connectivity index (χ1n) is 9.38. The predicted octanol–water partition coefficient (Wildman–Crippen LogP) is 6.00. The van der Waals surface area contributed by atoms with Crippen LogP contribution in [0.5, 0.6) is 0 Å². The molecule has 0 fully saturated rings. The number of anilines is 2. The summed E-state index contributed by atoms with van der Waals surface area (Å²) in [6, 6.07) is 13.6. The molecule has 0 aliphatic carbocycles. The minimum absolute atomic E-state index is 0.0679. The molecule has 0 saturated carbocycles. The third-order valence-corrected chi connectivity index (χ3v) is 6.06. The van der Waals surface area contributed by atoms with Gasteiger partial charge in [-0.15, -0.1) is 11.3 Å². The second-order valence-electron chi connectivity index (χ2n) is 6.93. The van der Waals surface area contributed by atoms with E-state index in [1.54, 1.807) is 18.3 Å². The molecule has 0 saturated heterocycles. The van der Waals surface area contributed by atoms with Crippen LogP contribution < -0.4 is 5.32 Å². The van der Waals surface area contributed by atoms with Crippen LogP contribution in [0.3, 0.4) is 0 Å². The Kier molecular flexibility index (Phi) is 5.92. The van der Waals surface area contributed by atoms with Gasteiger partial charge in [0.05, 0.1) is 14.9 Å². The Balaban J connectivity index is 1.31. The second kappa shape index (κ2) is 8.76. The van der Waals surface area contributed by atoms with Crippen LogP contribution in [0.25, 0.3) is 0 Å². The van der Waals surface area contributed by atoms with Crippen molar-refractivity contribution in [3.63, 3.8) is 0 Å². The van der Waals surface area contributed by atoms with E-state index < -0.39 is 0 Å². The summed E-state index contributed by atoms with van der Waals surface area (Å²) in [6.07, 6.45) is 5.31. The fourth-order valence-corrected chi connectivity index (χ4v) is 4.16. The molecule has 1 N–H and O–H groups in total. The van der Waals surface area contributed by atoms with E-state index in [0.29, 0.717) is 28.5 Å². The number of ketones is 1. The van der Waals surface area contributed by atoms with E-state index in [1.165, 1.54) is 11.3 Å². The number of aryl methyl sites for hydroxylation is 1. The van der Waals surface area contributed by atoms with Crippen molar-refractivity contribution < 1.29 is 9.63 Å². The van der Waals surface area contributed by atoms with E-state index in [9.17, 15) is 4.79 Å². The number of halogens is 1. The van der Waals surface area contributed by atoms with Crippen molar-refractivity contribution in [1.82, 2.24) is 4.98 Å². The van der Waals surface area contributed by atoms with Gasteiger partial charge >= 0.3 is 0 Å². The van der Waals surface area contributed by atoms with Crippen LogP contribution in [0.15, 0.2) is 60.0 Å². The van der Waals surface area contributed by atoms with Gasteiger partial charge in [-0.25, -0.2) is 0 Å². The molecular weight excluding hydrogens is 406 g/mol. The molecule has 29 heavy (non-hydrogen) atoms. The number of oxime groups is 1. The van der Waals surface area contributed by atoms with E-state index in [-0.39, 0.29) is 11.9 Å². The van der Waals surface area contributed by atoms with E-state index in [0.717, 1.165) is 28.2 Å². The Morgan fingerprint density at radius 3 is 2.79 bits per heavy atom. The Labute approximate surface area is 178 Å². The molecule has 3 aromatic rings. The van der Waals surface area contributed by atoms with Crippen molar-refractivity contribution >= 4 is 45.8 Å². The highest BCUT2D eigenvalue weighted by atomic mass is 35.5. The van der Waals surface area contributed by atoms with E-state index in [1.807, 2.05) is 43.5 Å². The summed E-state index contributed by atoms with van der Waals surface area (Å²) in [5.74, 6) is 0.0979. The maximum atomic E-state index is 12.2. The minimum atomic E-state index is -0.0679. The summed E-state index contributed by atoms with van der Waals surface area (Å²) in [5.41, 5.74) is 5.06. The summed E-state index contributed by atoms with van der Waals surface area (Å²) >= 11 is 7.21. The largest absolute Gasteiger partial charge is 0.392 e. The number of nitrogens with zero attached hydrogens (tertiary/aromatic N) is 2. The van der Waals surface area contributed by atoms with Crippen LogP contribution in [0.1, 0.15) is 40.1 Å². The number of carbonyl (C=O) groups is 1. The SMILES string of the molecule is Cc1cnccc1Nc1ccc(C2=NOC(CCC(=O)c3ccc(Cl)s3)C2)cc1. The van der Waals surface area contributed by atoms with Crippen molar-refractivity contribution in [3.8, 4) is 0 Å². The Hall–Kier alpha value is -2.70. The quantitative estimate of drug-likeness (QED) is 0.471. The fraction of sp³-hybridized carbons (Fsp3) is 0.227. The highest BCUT2D eigenvalue weighted by Gasteiger charge is 2.23.